The molecule has 3 atom stereocenters. The van der Waals surface area contributed by atoms with Crippen LogP contribution in [0.15, 0.2) is 11.8 Å². The van der Waals surface area contributed by atoms with Crippen molar-refractivity contribution in [3.63, 3.8) is 0 Å². The number of allylic oxidation sites excluding steroid dienone is 1. The highest BCUT2D eigenvalue weighted by Gasteiger charge is 2.51. The number of amides is 1. The van der Waals surface area contributed by atoms with Crippen molar-refractivity contribution in [3.8, 4) is 0 Å². The zero-order valence-corrected chi connectivity index (χ0v) is 12.6. The SMILES string of the molecule is C[C@@H]1[C@@H](/C=C/[Si](C)(C)C)[C@H]1C(=O)N1CCCC1. The van der Waals surface area contributed by atoms with Gasteiger partial charge in [-0.2, -0.15) is 0 Å². The number of hydrogen-bond donors (Lipinski definition) is 0. The Morgan fingerprint density at radius 2 is 1.82 bits per heavy atom. The lowest BCUT2D eigenvalue weighted by Gasteiger charge is -2.15. The summed E-state index contributed by atoms with van der Waals surface area (Å²) in [6.07, 6.45) is 4.72. The summed E-state index contributed by atoms with van der Waals surface area (Å²) in [5, 5.41) is 0. The van der Waals surface area contributed by atoms with Crippen LogP contribution in [0.2, 0.25) is 19.6 Å². The van der Waals surface area contributed by atoms with Gasteiger partial charge in [0.05, 0.1) is 8.07 Å². The largest absolute Gasteiger partial charge is 0.342 e. The number of carbonyl (C=O) groups is 1. The number of nitrogens with zero attached hydrogens (tertiary/aromatic N) is 1. The molecule has 0 bridgehead atoms. The van der Waals surface area contributed by atoms with E-state index in [0.29, 0.717) is 23.7 Å². The van der Waals surface area contributed by atoms with Crippen molar-refractivity contribution in [2.45, 2.75) is 39.4 Å². The summed E-state index contributed by atoms with van der Waals surface area (Å²) >= 11 is 0. The van der Waals surface area contributed by atoms with Crippen molar-refractivity contribution in [1.29, 1.82) is 0 Å². The Hall–Kier alpha value is -0.573. The standard InChI is InChI=1S/C14H25NOSi/c1-11-12(7-10-17(2,3)4)13(11)14(16)15-8-5-6-9-15/h7,10-13H,5-6,8-9H2,1-4H3/b10-7+/t11-,12-,13+/m1/s1. The molecular weight excluding hydrogens is 226 g/mol. The number of hydrogen-bond acceptors (Lipinski definition) is 1. The van der Waals surface area contributed by atoms with Crippen molar-refractivity contribution >= 4 is 14.0 Å². The molecule has 2 aliphatic rings. The van der Waals surface area contributed by atoms with Gasteiger partial charge in [0, 0.05) is 19.0 Å². The summed E-state index contributed by atoms with van der Waals surface area (Å²) in [6.45, 7) is 11.2. The van der Waals surface area contributed by atoms with Crippen molar-refractivity contribution in [3.05, 3.63) is 11.8 Å². The first-order valence-corrected chi connectivity index (χ1v) is 10.5. The summed E-state index contributed by atoms with van der Waals surface area (Å²) < 4.78 is 0. The number of carbonyl (C=O) groups excluding carboxylic acids is 1. The van der Waals surface area contributed by atoms with Crippen LogP contribution in [0.5, 0.6) is 0 Å². The average Bonchev–Trinajstić information content (AvgIpc) is 2.67. The first-order chi connectivity index (χ1) is 7.90. The van der Waals surface area contributed by atoms with Crippen LogP contribution in [0.4, 0.5) is 0 Å². The predicted molar refractivity (Wildman–Crippen MR) is 74.4 cm³/mol. The van der Waals surface area contributed by atoms with Gasteiger partial charge in [-0.05, 0) is 24.7 Å². The smallest absolute Gasteiger partial charge is 0.226 e. The first kappa shape index (κ1) is 12.9. The van der Waals surface area contributed by atoms with E-state index in [1.165, 1.54) is 12.8 Å². The highest BCUT2D eigenvalue weighted by atomic mass is 28.3. The van der Waals surface area contributed by atoms with E-state index in [-0.39, 0.29) is 0 Å². The molecule has 1 heterocycles. The van der Waals surface area contributed by atoms with Crippen LogP contribution in [0.25, 0.3) is 0 Å². The van der Waals surface area contributed by atoms with Gasteiger partial charge in [-0.3, -0.25) is 4.79 Å². The topological polar surface area (TPSA) is 20.3 Å². The van der Waals surface area contributed by atoms with Crippen LogP contribution in [0.1, 0.15) is 19.8 Å². The van der Waals surface area contributed by atoms with E-state index < -0.39 is 8.07 Å². The maximum absolute atomic E-state index is 12.3. The van der Waals surface area contributed by atoms with Gasteiger partial charge >= 0.3 is 0 Å². The molecule has 0 radical (unpaired) electrons. The molecule has 0 aromatic carbocycles. The maximum Gasteiger partial charge on any atom is 0.226 e. The molecule has 1 saturated heterocycles. The number of rotatable bonds is 3. The zero-order valence-electron chi connectivity index (χ0n) is 11.6. The molecule has 3 heteroatoms. The second-order valence-corrected chi connectivity index (χ2v) is 11.8. The van der Waals surface area contributed by atoms with E-state index in [9.17, 15) is 4.79 Å². The average molecular weight is 251 g/mol. The van der Waals surface area contributed by atoms with Gasteiger partial charge in [-0.25, -0.2) is 0 Å². The lowest BCUT2D eigenvalue weighted by Crippen LogP contribution is -2.29. The molecule has 2 rings (SSSR count). The van der Waals surface area contributed by atoms with E-state index in [4.69, 9.17) is 0 Å². The summed E-state index contributed by atoms with van der Waals surface area (Å²) in [5.41, 5.74) is 2.39. The Morgan fingerprint density at radius 1 is 1.24 bits per heavy atom. The molecule has 1 aliphatic carbocycles. The molecule has 0 N–H and O–H groups in total. The minimum atomic E-state index is -1.11. The van der Waals surface area contributed by atoms with Crippen LogP contribution in [0.3, 0.4) is 0 Å². The zero-order chi connectivity index (χ0) is 12.6. The minimum absolute atomic E-state index is 0.292. The second kappa shape index (κ2) is 4.60. The van der Waals surface area contributed by atoms with Gasteiger partial charge < -0.3 is 4.90 Å². The van der Waals surface area contributed by atoms with E-state index in [2.05, 4.69) is 43.2 Å². The summed E-state index contributed by atoms with van der Waals surface area (Å²) in [4.78, 5) is 14.3. The molecule has 0 aromatic heterocycles. The fourth-order valence-electron chi connectivity index (χ4n) is 2.73. The van der Waals surface area contributed by atoms with E-state index in [0.717, 1.165) is 13.1 Å². The monoisotopic (exact) mass is 251 g/mol. The lowest BCUT2D eigenvalue weighted by molar-refractivity contribution is -0.131. The molecular formula is C14H25NOSi. The molecule has 0 aromatic rings. The lowest BCUT2D eigenvalue weighted by atomic mass is 10.3. The molecule has 17 heavy (non-hydrogen) atoms. The van der Waals surface area contributed by atoms with Gasteiger partial charge in [-0.15, -0.1) is 0 Å². The molecule has 0 unspecified atom stereocenters. The fraction of sp³-hybridized carbons (Fsp3) is 0.786. The fourth-order valence-corrected chi connectivity index (χ4v) is 3.53. The van der Waals surface area contributed by atoms with Crippen LogP contribution in [-0.2, 0) is 4.79 Å². The number of likely N-dealkylation sites (tertiary alicyclic amines) is 1. The third-order valence-corrected chi connectivity index (χ3v) is 5.16. The summed E-state index contributed by atoms with van der Waals surface area (Å²) in [7, 11) is -1.11. The first-order valence-electron chi connectivity index (χ1n) is 6.88. The van der Waals surface area contributed by atoms with Crippen molar-refractivity contribution < 1.29 is 4.79 Å². The molecule has 96 valence electrons. The van der Waals surface area contributed by atoms with E-state index in [1.807, 2.05) is 0 Å². The quantitative estimate of drug-likeness (QED) is 0.706. The van der Waals surface area contributed by atoms with Crippen LogP contribution in [-0.4, -0.2) is 32.0 Å². The Labute approximate surface area is 106 Å². The van der Waals surface area contributed by atoms with E-state index >= 15 is 0 Å². The highest BCUT2D eigenvalue weighted by Crippen LogP contribution is 2.48. The highest BCUT2D eigenvalue weighted by molar-refractivity contribution is 6.80. The molecule has 1 aliphatic heterocycles. The normalized spacial score (nSPS) is 33.4. The Balaban J connectivity index is 1.91. The van der Waals surface area contributed by atoms with Crippen LogP contribution in [0, 0.1) is 17.8 Å². The van der Waals surface area contributed by atoms with Gasteiger partial charge in [0.1, 0.15) is 0 Å². The molecule has 1 amide bonds. The van der Waals surface area contributed by atoms with Crippen molar-refractivity contribution in [2.75, 3.05) is 13.1 Å². The van der Waals surface area contributed by atoms with Gasteiger partial charge in [0.2, 0.25) is 5.91 Å². The molecule has 2 nitrogen and oxygen atoms in total. The molecule has 2 fully saturated rings. The van der Waals surface area contributed by atoms with Crippen LogP contribution < -0.4 is 0 Å². The minimum Gasteiger partial charge on any atom is -0.342 e. The Morgan fingerprint density at radius 3 is 2.35 bits per heavy atom. The van der Waals surface area contributed by atoms with Crippen molar-refractivity contribution in [2.24, 2.45) is 17.8 Å². The maximum atomic E-state index is 12.3. The summed E-state index contributed by atoms with van der Waals surface area (Å²) in [6, 6.07) is 0. The van der Waals surface area contributed by atoms with Crippen LogP contribution >= 0.6 is 0 Å². The summed E-state index contributed by atoms with van der Waals surface area (Å²) in [5.74, 6) is 1.80. The van der Waals surface area contributed by atoms with Gasteiger partial charge in [-0.1, -0.05) is 38.3 Å². The van der Waals surface area contributed by atoms with Gasteiger partial charge in [0.15, 0.2) is 0 Å². The third-order valence-electron chi connectivity index (χ3n) is 3.97. The Kier molecular flexibility index (Phi) is 3.48. The van der Waals surface area contributed by atoms with Gasteiger partial charge in [0.25, 0.3) is 0 Å². The molecule has 0 spiro atoms. The molecule has 1 saturated carbocycles. The Bertz CT molecular complexity index is 326. The third kappa shape index (κ3) is 3.00. The van der Waals surface area contributed by atoms with E-state index in [1.54, 1.807) is 0 Å². The predicted octanol–water partition coefficient (Wildman–Crippen LogP) is 2.92. The van der Waals surface area contributed by atoms with Crippen molar-refractivity contribution in [1.82, 2.24) is 4.90 Å². The second-order valence-electron chi connectivity index (χ2n) is 6.72.